The fourth-order valence-corrected chi connectivity index (χ4v) is 3.72. The molecule has 0 bridgehead atoms. The predicted octanol–water partition coefficient (Wildman–Crippen LogP) is 3.10. The van der Waals surface area contributed by atoms with Crippen LogP contribution in [0.5, 0.6) is 5.75 Å². The Bertz CT molecular complexity index is 894. The molecule has 0 aliphatic carbocycles. The van der Waals surface area contributed by atoms with Crippen molar-refractivity contribution in [2.24, 2.45) is 5.92 Å². The minimum Gasteiger partial charge on any atom is -0.497 e. The number of ether oxygens (including phenoxy) is 1. The van der Waals surface area contributed by atoms with E-state index in [9.17, 15) is 4.79 Å². The summed E-state index contributed by atoms with van der Waals surface area (Å²) in [6.45, 7) is 3.19. The minimum absolute atomic E-state index is 0.0881. The number of H-pyrrole nitrogens is 1. The van der Waals surface area contributed by atoms with Crippen molar-refractivity contribution in [2.75, 3.05) is 20.2 Å². The molecule has 4 rings (SSSR count). The number of para-hydroxylation sites is 2. The predicted molar refractivity (Wildman–Crippen MR) is 109 cm³/mol. The highest BCUT2D eigenvalue weighted by Crippen LogP contribution is 2.20. The van der Waals surface area contributed by atoms with E-state index in [4.69, 9.17) is 4.74 Å². The van der Waals surface area contributed by atoms with Gasteiger partial charge < -0.3 is 15.0 Å². The summed E-state index contributed by atoms with van der Waals surface area (Å²) in [5, 5.41) is 3.07. The normalized spacial score (nSPS) is 15.6. The maximum absolute atomic E-state index is 12.5. The van der Waals surface area contributed by atoms with Crippen molar-refractivity contribution in [1.29, 1.82) is 0 Å². The minimum atomic E-state index is 0.0881. The second-order valence-electron chi connectivity index (χ2n) is 7.32. The first-order valence-electron chi connectivity index (χ1n) is 9.78. The molecule has 6 nitrogen and oxygen atoms in total. The van der Waals surface area contributed by atoms with E-state index in [0.29, 0.717) is 6.54 Å². The van der Waals surface area contributed by atoms with Crippen LogP contribution in [-0.2, 0) is 17.9 Å². The summed E-state index contributed by atoms with van der Waals surface area (Å²) in [5.74, 6) is 2.06. The van der Waals surface area contributed by atoms with Crippen molar-refractivity contribution in [3.8, 4) is 5.75 Å². The average molecular weight is 378 g/mol. The molecule has 1 aliphatic heterocycles. The van der Waals surface area contributed by atoms with Gasteiger partial charge in [-0.3, -0.25) is 9.69 Å². The number of piperidine rings is 1. The van der Waals surface area contributed by atoms with Gasteiger partial charge in [-0.2, -0.15) is 0 Å². The van der Waals surface area contributed by atoms with E-state index in [2.05, 4.69) is 20.2 Å². The number of aromatic nitrogens is 2. The van der Waals surface area contributed by atoms with Gasteiger partial charge in [0.15, 0.2) is 0 Å². The molecular formula is C22H26N4O2. The van der Waals surface area contributed by atoms with Crippen LogP contribution in [0.4, 0.5) is 0 Å². The molecule has 2 heterocycles. The van der Waals surface area contributed by atoms with Gasteiger partial charge in [0.25, 0.3) is 0 Å². The number of hydrogen-bond acceptors (Lipinski definition) is 4. The number of likely N-dealkylation sites (tertiary alicyclic amines) is 1. The van der Waals surface area contributed by atoms with E-state index in [1.165, 1.54) is 0 Å². The lowest BCUT2D eigenvalue weighted by atomic mass is 9.96. The van der Waals surface area contributed by atoms with Crippen molar-refractivity contribution in [3.05, 3.63) is 59.9 Å². The molecule has 1 aliphatic rings. The number of nitrogens with zero attached hydrogens (tertiary/aromatic N) is 2. The van der Waals surface area contributed by atoms with Gasteiger partial charge in [0, 0.05) is 12.5 Å². The summed E-state index contributed by atoms with van der Waals surface area (Å²) in [7, 11) is 1.65. The van der Waals surface area contributed by atoms with Crippen molar-refractivity contribution in [3.63, 3.8) is 0 Å². The average Bonchev–Trinajstić information content (AvgIpc) is 3.15. The molecule has 0 saturated carbocycles. The fraction of sp³-hybridized carbons (Fsp3) is 0.364. The Balaban J connectivity index is 1.24. The van der Waals surface area contributed by atoms with Gasteiger partial charge >= 0.3 is 0 Å². The molecule has 28 heavy (non-hydrogen) atoms. The number of carbonyl (C=O) groups is 1. The van der Waals surface area contributed by atoms with Gasteiger partial charge in [0.05, 0.1) is 24.7 Å². The van der Waals surface area contributed by atoms with E-state index in [1.807, 2.05) is 48.5 Å². The number of hydrogen-bond donors (Lipinski definition) is 2. The number of nitrogens with one attached hydrogen (secondary N) is 2. The van der Waals surface area contributed by atoms with Crippen LogP contribution < -0.4 is 10.1 Å². The number of amides is 1. The summed E-state index contributed by atoms with van der Waals surface area (Å²) in [6, 6.07) is 15.9. The number of carbonyl (C=O) groups excluding carboxylic acids is 1. The summed E-state index contributed by atoms with van der Waals surface area (Å²) in [5.41, 5.74) is 3.16. The molecule has 1 fully saturated rings. The highest BCUT2D eigenvalue weighted by molar-refractivity contribution is 5.78. The molecule has 3 aromatic rings. The monoisotopic (exact) mass is 378 g/mol. The largest absolute Gasteiger partial charge is 0.497 e. The van der Waals surface area contributed by atoms with Gasteiger partial charge in [-0.05, 0) is 55.8 Å². The van der Waals surface area contributed by atoms with E-state index in [1.54, 1.807) is 7.11 Å². The summed E-state index contributed by atoms with van der Waals surface area (Å²) >= 11 is 0. The maximum atomic E-state index is 12.5. The molecule has 0 radical (unpaired) electrons. The molecule has 146 valence electrons. The zero-order valence-corrected chi connectivity index (χ0v) is 16.1. The third kappa shape index (κ3) is 4.34. The van der Waals surface area contributed by atoms with E-state index in [0.717, 1.165) is 60.6 Å². The number of methoxy groups -OCH3 is 1. The molecule has 1 aromatic heterocycles. The lowest BCUT2D eigenvalue weighted by Gasteiger charge is -2.30. The van der Waals surface area contributed by atoms with E-state index in [-0.39, 0.29) is 11.8 Å². The SMILES string of the molecule is COc1ccc(CNC(=O)C2CCN(Cc3nc4ccccc4[nH]3)CC2)cc1. The topological polar surface area (TPSA) is 70.2 Å². The lowest BCUT2D eigenvalue weighted by molar-refractivity contribution is -0.126. The first kappa shape index (κ1) is 18.5. The van der Waals surface area contributed by atoms with Gasteiger partial charge in [0.1, 0.15) is 11.6 Å². The zero-order chi connectivity index (χ0) is 19.3. The Morgan fingerprint density at radius 1 is 1.18 bits per heavy atom. The molecule has 2 aromatic carbocycles. The molecule has 0 spiro atoms. The Morgan fingerprint density at radius 3 is 2.64 bits per heavy atom. The zero-order valence-electron chi connectivity index (χ0n) is 16.1. The molecule has 6 heteroatoms. The number of benzene rings is 2. The number of imidazole rings is 1. The van der Waals surface area contributed by atoms with Crippen LogP contribution in [0.2, 0.25) is 0 Å². The number of aromatic amines is 1. The Labute approximate surface area is 164 Å². The fourth-order valence-electron chi connectivity index (χ4n) is 3.72. The first-order chi connectivity index (χ1) is 13.7. The van der Waals surface area contributed by atoms with Crippen LogP contribution in [-0.4, -0.2) is 41.0 Å². The Hall–Kier alpha value is -2.86. The third-order valence-corrected chi connectivity index (χ3v) is 5.40. The first-order valence-corrected chi connectivity index (χ1v) is 9.78. The highest BCUT2D eigenvalue weighted by Gasteiger charge is 2.25. The van der Waals surface area contributed by atoms with Crippen molar-refractivity contribution in [2.45, 2.75) is 25.9 Å². The van der Waals surface area contributed by atoms with Crippen LogP contribution in [0.15, 0.2) is 48.5 Å². The van der Waals surface area contributed by atoms with Crippen LogP contribution >= 0.6 is 0 Å². The van der Waals surface area contributed by atoms with Crippen LogP contribution in [0.3, 0.4) is 0 Å². The third-order valence-electron chi connectivity index (χ3n) is 5.40. The lowest BCUT2D eigenvalue weighted by Crippen LogP contribution is -2.40. The van der Waals surface area contributed by atoms with Crippen LogP contribution in [0.1, 0.15) is 24.2 Å². The van der Waals surface area contributed by atoms with Crippen LogP contribution in [0, 0.1) is 5.92 Å². The summed E-state index contributed by atoms with van der Waals surface area (Å²) < 4.78 is 5.16. The summed E-state index contributed by atoms with van der Waals surface area (Å²) in [4.78, 5) is 22.9. The molecule has 1 amide bonds. The molecule has 0 unspecified atom stereocenters. The smallest absolute Gasteiger partial charge is 0.223 e. The van der Waals surface area contributed by atoms with E-state index >= 15 is 0 Å². The van der Waals surface area contributed by atoms with Crippen molar-refractivity contribution >= 4 is 16.9 Å². The molecule has 1 saturated heterocycles. The summed E-state index contributed by atoms with van der Waals surface area (Å²) in [6.07, 6.45) is 1.77. The quantitative estimate of drug-likeness (QED) is 0.692. The number of fused-ring (bicyclic) bond motifs is 1. The Morgan fingerprint density at radius 2 is 1.93 bits per heavy atom. The van der Waals surface area contributed by atoms with Gasteiger partial charge in [-0.25, -0.2) is 4.98 Å². The van der Waals surface area contributed by atoms with Gasteiger partial charge in [-0.1, -0.05) is 24.3 Å². The molecule has 0 atom stereocenters. The van der Waals surface area contributed by atoms with E-state index < -0.39 is 0 Å². The van der Waals surface area contributed by atoms with Gasteiger partial charge in [0.2, 0.25) is 5.91 Å². The molecular weight excluding hydrogens is 352 g/mol. The maximum Gasteiger partial charge on any atom is 0.223 e. The highest BCUT2D eigenvalue weighted by atomic mass is 16.5. The van der Waals surface area contributed by atoms with Gasteiger partial charge in [-0.15, -0.1) is 0 Å². The van der Waals surface area contributed by atoms with Crippen molar-refractivity contribution < 1.29 is 9.53 Å². The number of rotatable bonds is 6. The second-order valence-corrected chi connectivity index (χ2v) is 7.32. The second kappa shape index (κ2) is 8.44. The standard InChI is InChI=1S/C22H26N4O2/c1-28-18-8-6-16(7-9-18)14-23-22(27)17-10-12-26(13-11-17)15-21-24-19-4-2-3-5-20(19)25-21/h2-9,17H,10-15H2,1H3,(H,23,27)(H,24,25). The van der Waals surface area contributed by atoms with Crippen molar-refractivity contribution in [1.82, 2.24) is 20.2 Å². The Kier molecular flexibility index (Phi) is 5.58. The molecule has 2 N–H and O–H groups in total. The van der Waals surface area contributed by atoms with Crippen LogP contribution in [0.25, 0.3) is 11.0 Å².